The number of esters is 1. The minimum absolute atomic E-state index is 0.0675. The van der Waals surface area contributed by atoms with Gasteiger partial charge in [0, 0.05) is 6.42 Å². The molecule has 1 N–H and O–H groups in total. The molecule has 8 nitrogen and oxygen atoms in total. The Bertz CT molecular complexity index is 1190. The predicted octanol–water partition coefficient (Wildman–Crippen LogP) is 2.15. The van der Waals surface area contributed by atoms with E-state index in [1.54, 1.807) is 61.5 Å². The maximum atomic E-state index is 13.2. The SMILES string of the molecule is CCOC(=O)C(c1nc2ccccc2[nH]c1=O)C1CC(=O)N(c2ccccc2)C1=O. The number of amides is 2. The topological polar surface area (TPSA) is 109 Å². The summed E-state index contributed by atoms with van der Waals surface area (Å²) in [5.74, 6) is -4.12. The molecule has 4 rings (SSSR count). The summed E-state index contributed by atoms with van der Waals surface area (Å²) in [7, 11) is 0. The molecule has 2 aromatic carbocycles. The second-order valence-electron chi connectivity index (χ2n) is 6.91. The molecule has 2 heterocycles. The summed E-state index contributed by atoms with van der Waals surface area (Å²) in [5.41, 5.74) is 0.669. The summed E-state index contributed by atoms with van der Waals surface area (Å²) >= 11 is 0. The number of fused-ring (bicyclic) bond motifs is 1. The van der Waals surface area contributed by atoms with Gasteiger partial charge in [-0.15, -0.1) is 0 Å². The summed E-state index contributed by atoms with van der Waals surface area (Å²) in [6.07, 6.45) is -0.217. The lowest BCUT2D eigenvalue weighted by Gasteiger charge is -2.20. The highest BCUT2D eigenvalue weighted by atomic mass is 16.5. The van der Waals surface area contributed by atoms with Crippen LogP contribution in [-0.4, -0.2) is 34.4 Å². The Morgan fingerprint density at radius 1 is 1.13 bits per heavy atom. The number of nitrogens with one attached hydrogen (secondary N) is 1. The zero-order valence-electron chi connectivity index (χ0n) is 16.2. The Morgan fingerprint density at radius 2 is 1.83 bits per heavy atom. The van der Waals surface area contributed by atoms with Crippen molar-refractivity contribution in [3.05, 3.63) is 70.6 Å². The van der Waals surface area contributed by atoms with Gasteiger partial charge in [0.1, 0.15) is 11.6 Å². The highest BCUT2D eigenvalue weighted by Gasteiger charge is 2.48. The lowest BCUT2D eigenvalue weighted by molar-refractivity contribution is -0.148. The summed E-state index contributed by atoms with van der Waals surface area (Å²) in [6, 6.07) is 15.3. The van der Waals surface area contributed by atoms with E-state index in [2.05, 4.69) is 9.97 Å². The number of carbonyl (C=O) groups is 3. The molecule has 0 spiro atoms. The summed E-state index contributed by atoms with van der Waals surface area (Å²) in [5, 5.41) is 0. The number of hydrogen-bond acceptors (Lipinski definition) is 6. The van der Waals surface area contributed by atoms with Crippen LogP contribution in [0.1, 0.15) is 25.0 Å². The van der Waals surface area contributed by atoms with Gasteiger partial charge in [-0.05, 0) is 31.2 Å². The molecule has 8 heteroatoms. The number of carbonyl (C=O) groups excluding carboxylic acids is 3. The molecule has 1 aromatic heterocycles. The van der Waals surface area contributed by atoms with E-state index in [1.165, 1.54) is 0 Å². The molecule has 152 valence electrons. The molecular weight excluding hydrogens is 386 g/mol. The van der Waals surface area contributed by atoms with Crippen molar-refractivity contribution >= 4 is 34.5 Å². The van der Waals surface area contributed by atoms with E-state index >= 15 is 0 Å². The minimum Gasteiger partial charge on any atom is -0.465 e. The zero-order chi connectivity index (χ0) is 21.3. The molecule has 2 amide bonds. The van der Waals surface area contributed by atoms with Crippen molar-refractivity contribution in [3.8, 4) is 0 Å². The molecule has 1 saturated heterocycles. The van der Waals surface area contributed by atoms with Crippen LogP contribution < -0.4 is 10.5 Å². The Morgan fingerprint density at radius 3 is 2.57 bits per heavy atom. The van der Waals surface area contributed by atoms with Gasteiger partial charge in [0.05, 0.1) is 29.2 Å². The first kappa shape index (κ1) is 19.5. The molecule has 0 bridgehead atoms. The van der Waals surface area contributed by atoms with Crippen molar-refractivity contribution in [2.24, 2.45) is 5.92 Å². The number of aromatic amines is 1. The van der Waals surface area contributed by atoms with E-state index in [0.29, 0.717) is 16.7 Å². The number of ether oxygens (including phenoxy) is 1. The number of benzene rings is 2. The van der Waals surface area contributed by atoms with E-state index in [-0.39, 0.29) is 18.7 Å². The van der Waals surface area contributed by atoms with Crippen LogP contribution in [0.15, 0.2) is 59.4 Å². The molecule has 0 aliphatic carbocycles. The molecule has 1 aliphatic rings. The maximum Gasteiger partial charge on any atom is 0.316 e. The van der Waals surface area contributed by atoms with Crippen molar-refractivity contribution in [2.45, 2.75) is 19.3 Å². The lowest BCUT2D eigenvalue weighted by atomic mass is 9.88. The number of rotatable bonds is 5. The van der Waals surface area contributed by atoms with E-state index in [9.17, 15) is 19.2 Å². The lowest BCUT2D eigenvalue weighted by Crippen LogP contribution is -2.36. The average molecular weight is 405 g/mol. The quantitative estimate of drug-likeness (QED) is 0.515. The van der Waals surface area contributed by atoms with Gasteiger partial charge in [0.15, 0.2) is 0 Å². The zero-order valence-corrected chi connectivity index (χ0v) is 16.2. The average Bonchev–Trinajstić information content (AvgIpc) is 3.03. The largest absolute Gasteiger partial charge is 0.465 e. The Hall–Kier alpha value is -3.81. The van der Waals surface area contributed by atoms with Crippen LogP contribution in [0.25, 0.3) is 11.0 Å². The predicted molar refractivity (Wildman–Crippen MR) is 109 cm³/mol. The molecule has 1 fully saturated rings. The van der Waals surface area contributed by atoms with Gasteiger partial charge in [-0.2, -0.15) is 0 Å². The van der Waals surface area contributed by atoms with Gasteiger partial charge in [0.25, 0.3) is 5.56 Å². The monoisotopic (exact) mass is 405 g/mol. The van der Waals surface area contributed by atoms with Gasteiger partial charge in [-0.3, -0.25) is 24.1 Å². The molecule has 30 heavy (non-hydrogen) atoms. The highest BCUT2D eigenvalue weighted by molar-refractivity contribution is 6.22. The third-order valence-electron chi connectivity index (χ3n) is 5.06. The summed E-state index contributed by atoms with van der Waals surface area (Å²) in [6.45, 7) is 1.70. The maximum absolute atomic E-state index is 13.2. The molecule has 3 aromatic rings. The van der Waals surface area contributed by atoms with Crippen LogP contribution in [-0.2, 0) is 19.1 Å². The van der Waals surface area contributed by atoms with Gasteiger partial charge in [-0.25, -0.2) is 4.98 Å². The van der Waals surface area contributed by atoms with Crippen molar-refractivity contribution in [1.29, 1.82) is 0 Å². The van der Waals surface area contributed by atoms with E-state index in [1.807, 2.05) is 0 Å². The molecule has 0 radical (unpaired) electrons. The molecule has 2 unspecified atom stereocenters. The fraction of sp³-hybridized carbons (Fsp3) is 0.227. The summed E-state index contributed by atoms with van der Waals surface area (Å²) in [4.78, 5) is 59.5. The number of nitrogens with zero attached hydrogens (tertiary/aromatic N) is 2. The fourth-order valence-electron chi connectivity index (χ4n) is 3.72. The Labute approximate surface area is 171 Å². The van der Waals surface area contributed by atoms with Crippen LogP contribution in [0.5, 0.6) is 0 Å². The first-order chi connectivity index (χ1) is 14.5. The van der Waals surface area contributed by atoms with Crippen LogP contribution in [0, 0.1) is 5.92 Å². The molecular formula is C22H19N3O5. The highest BCUT2D eigenvalue weighted by Crippen LogP contribution is 2.35. The minimum atomic E-state index is -1.29. The van der Waals surface area contributed by atoms with Gasteiger partial charge >= 0.3 is 5.97 Å². The van der Waals surface area contributed by atoms with E-state index in [4.69, 9.17) is 4.74 Å². The third-order valence-corrected chi connectivity index (χ3v) is 5.06. The van der Waals surface area contributed by atoms with Crippen molar-refractivity contribution in [1.82, 2.24) is 9.97 Å². The number of hydrogen-bond donors (Lipinski definition) is 1. The van der Waals surface area contributed by atoms with Crippen molar-refractivity contribution in [3.63, 3.8) is 0 Å². The number of H-pyrrole nitrogens is 1. The van der Waals surface area contributed by atoms with E-state index in [0.717, 1.165) is 4.90 Å². The van der Waals surface area contributed by atoms with Crippen LogP contribution >= 0.6 is 0 Å². The van der Waals surface area contributed by atoms with Gasteiger partial charge in [0.2, 0.25) is 11.8 Å². The number of aromatic nitrogens is 2. The second-order valence-corrected chi connectivity index (χ2v) is 6.91. The van der Waals surface area contributed by atoms with Crippen LogP contribution in [0.4, 0.5) is 5.69 Å². The van der Waals surface area contributed by atoms with Gasteiger partial charge < -0.3 is 9.72 Å². The second kappa shape index (κ2) is 7.90. The fourth-order valence-corrected chi connectivity index (χ4v) is 3.72. The first-order valence-corrected chi connectivity index (χ1v) is 9.58. The van der Waals surface area contributed by atoms with Crippen molar-refractivity contribution < 1.29 is 19.1 Å². The van der Waals surface area contributed by atoms with Crippen LogP contribution in [0.3, 0.4) is 0 Å². The molecule has 0 saturated carbocycles. The van der Waals surface area contributed by atoms with Gasteiger partial charge in [-0.1, -0.05) is 30.3 Å². The molecule has 1 aliphatic heterocycles. The first-order valence-electron chi connectivity index (χ1n) is 9.58. The van der Waals surface area contributed by atoms with Crippen LogP contribution in [0.2, 0.25) is 0 Å². The number of anilines is 1. The number of imide groups is 1. The standard InChI is InChI=1S/C22H19N3O5/c1-2-30-22(29)18(19-20(27)24-16-11-7-6-10-15(16)23-19)14-12-17(26)25(21(14)28)13-8-4-3-5-9-13/h3-11,14,18H,2,12H2,1H3,(H,24,27). The third kappa shape index (κ3) is 3.36. The smallest absolute Gasteiger partial charge is 0.316 e. The Kier molecular flexibility index (Phi) is 5.14. The summed E-state index contributed by atoms with van der Waals surface area (Å²) < 4.78 is 5.15. The number of para-hydroxylation sites is 3. The normalized spacial score (nSPS) is 17.4. The Balaban J connectivity index is 1.80. The van der Waals surface area contributed by atoms with E-state index < -0.39 is 35.2 Å². The van der Waals surface area contributed by atoms with Crippen molar-refractivity contribution in [2.75, 3.05) is 11.5 Å². The molecule has 2 atom stereocenters.